The molecule has 1 aliphatic rings. The van der Waals surface area contributed by atoms with Crippen molar-refractivity contribution in [2.24, 2.45) is 0 Å². The first-order valence-electron chi connectivity index (χ1n) is 7.79. The minimum absolute atomic E-state index is 0.257. The Kier molecular flexibility index (Phi) is 3.30. The van der Waals surface area contributed by atoms with E-state index in [1.165, 1.54) is 5.56 Å². The average molecular weight is 305 g/mol. The summed E-state index contributed by atoms with van der Waals surface area (Å²) < 4.78 is 7.38. The molecule has 2 heterocycles. The highest BCUT2D eigenvalue weighted by Gasteiger charge is 2.32. The lowest BCUT2D eigenvalue weighted by molar-refractivity contribution is 0.415. The molecule has 116 valence electrons. The van der Waals surface area contributed by atoms with Crippen LogP contribution in [0.1, 0.15) is 17.3 Å². The van der Waals surface area contributed by atoms with Crippen LogP contribution in [0.4, 0.5) is 11.5 Å². The van der Waals surface area contributed by atoms with Gasteiger partial charge in [-0.25, -0.2) is 4.68 Å². The topological polar surface area (TPSA) is 30.3 Å². The van der Waals surface area contributed by atoms with Crippen LogP contribution in [0.5, 0.6) is 5.75 Å². The molecule has 1 atom stereocenters. The van der Waals surface area contributed by atoms with Crippen molar-refractivity contribution in [1.82, 2.24) is 9.78 Å². The van der Waals surface area contributed by atoms with E-state index in [0.717, 1.165) is 29.5 Å². The smallest absolute Gasteiger partial charge is 0.132 e. The lowest BCUT2D eigenvalue weighted by Crippen LogP contribution is -2.19. The third-order valence-corrected chi connectivity index (χ3v) is 4.32. The predicted octanol–water partition coefficient (Wildman–Crippen LogP) is 4.09. The van der Waals surface area contributed by atoms with E-state index in [-0.39, 0.29) is 6.04 Å². The molecule has 1 aliphatic heterocycles. The molecule has 2 aromatic carbocycles. The Bertz CT molecular complexity index is 808. The third kappa shape index (κ3) is 2.36. The number of aromatic nitrogens is 2. The average Bonchev–Trinajstić information content (AvgIpc) is 3.11. The maximum Gasteiger partial charge on any atom is 0.132 e. The van der Waals surface area contributed by atoms with E-state index in [0.29, 0.717) is 0 Å². The summed E-state index contributed by atoms with van der Waals surface area (Å²) in [5, 5.41) is 4.63. The highest BCUT2D eigenvalue weighted by atomic mass is 16.5. The van der Waals surface area contributed by atoms with Gasteiger partial charge in [0.15, 0.2) is 0 Å². The normalized spacial score (nSPS) is 16.4. The zero-order valence-corrected chi connectivity index (χ0v) is 13.3. The number of anilines is 2. The molecule has 0 N–H and O–H groups in total. The van der Waals surface area contributed by atoms with E-state index in [9.17, 15) is 0 Å². The third-order valence-electron chi connectivity index (χ3n) is 4.32. The highest BCUT2D eigenvalue weighted by molar-refractivity contribution is 5.65. The molecule has 4 nitrogen and oxygen atoms in total. The van der Waals surface area contributed by atoms with Crippen LogP contribution in [-0.2, 0) is 6.54 Å². The van der Waals surface area contributed by atoms with Crippen molar-refractivity contribution < 1.29 is 4.74 Å². The number of hydrogen-bond acceptors (Lipinski definition) is 3. The Hall–Kier alpha value is -2.75. The van der Waals surface area contributed by atoms with Crippen LogP contribution < -0.4 is 9.64 Å². The van der Waals surface area contributed by atoms with Crippen LogP contribution in [0.3, 0.4) is 0 Å². The molecule has 0 amide bonds. The van der Waals surface area contributed by atoms with Crippen molar-refractivity contribution in [1.29, 1.82) is 0 Å². The van der Waals surface area contributed by atoms with Gasteiger partial charge in [-0.1, -0.05) is 30.3 Å². The Morgan fingerprint density at radius 2 is 1.78 bits per heavy atom. The fourth-order valence-corrected chi connectivity index (χ4v) is 3.25. The second kappa shape index (κ2) is 5.47. The van der Waals surface area contributed by atoms with Gasteiger partial charge in [0, 0.05) is 11.8 Å². The van der Waals surface area contributed by atoms with Crippen molar-refractivity contribution >= 4 is 11.5 Å². The molecular formula is C19H19N3O. The van der Waals surface area contributed by atoms with Crippen LogP contribution in [0.25, 0.3) is 0 Å². The zero-order valence-electron chi connectivity index (χ0n) is 13.3. The minimum atomic E-state index is 0.257. The molecule has 23 heavy (non-hydrogen) atoms. The summed E-state index contributed by atoms with van der Waals surface area (Å²) in [6.45, 7) is 2.90. The fraction of sp³-hybridized carbons (Fsp3) is 0.211. The number of rotatable bonds is 3. The lowest BCUT2D eigenvalue weighted by atomic mass is 10.1. The number of nitrogens with zero attached hydrogens (tertiary/aromatic N) is 3. The number of fused-ring (bicyclic) bond motifs is 1. The van der Waals surface area contributed by atoms with Crippen molar-refractivity contribution in [3.63, 3.8) is 0 Å². The van der Waals surface area contributed by atoms with Crippen molar-refractivity contribution in [3.05, 3.63) is 71.9 Å². The lowest BCUT2D eigenvalue weighted by Gasteiger charge is -2.26. The van der Waals surface area contributed by atoms with Gasteiger partial charge in [-0.2, -0.15) is 5.10 Å². The van der Waals surface area contributed by atoms with Gasteiger partial charge in [0.2, 0.25) is 0 Å². The summed E-state index contributed by atoms with van der Waals surface area (Å²) in [5.41, 5.74) is 3.50. The van der Waals surface area contributed by atoms with E-state index in [4.69, 9.17) is 4.74 Å². The van der Waals surface area contributed by atoms with Gasteiger partial charge in [0.05, 0.1) is 25.4 Å². The van der Waals surface area contributed by atoms with Crippen LogP contribution in [-0.4, -0.2) is 16.9 Å². The van der Waals surface area contributed by atoms with E-state index in [2.05, 4.69) is 63.2 Å². The van der Waals surface area contributed by atoms with Crippen LogP contribution in [0.2, 0.25) is 0 Å². The van der Waals surface area contributed by atoms with Gasteiger partial charge in [-0.15, -0.1) is 0 Å². The molecule has 0 spiro atoms. The van der Waals surface area contributed by atoms with Crippen molar-refractivity contribution in [2.75, 3.05) is 12.0 Å². The van der Waals surface area contributed by atoms with Gasteiger partial charge in [0.25, 0.3) is 0 Å². The molecule has 0 radical (unpaired) electrons. The molecule has 1 unspecified atom stereocenters. The van der Waals surface area contributed by atoms with Gasteiger partial charge in [-0.3, -0.25) is 0 Å². The first-order valence-corrected chi connectivity index (χ1v) is 7.79. The summed E-state index contributed by atoms with van der Waals surface area (Å²) >= 11 is 0. The van der Waals surface area contributed by atoms with E-state index in [1.807, 2.05) is 19.1 Å². The molecule has 4 heteroatoms. The summed E-state index contributed by atoms with van der Waals surface area (Å²) in [5.74, 6) is 2.01. The maximum atomic E-state index is 5.28. The number of aryl methyl sites for hydroxylation is 1. The van der Waals surface area contributed by atoms with Crippen LogP contribution >= 0.6 is 0 Å². The molecule has 1 aromatic heterocycles. The second-order valence-electron chi connectivity index (χ2n) is 5.82. The molecule has 0 saturated carbocycles. The molecule has 0 aliphatic carbocycles. The van der Waals surface area contributed by atoms with Crippen molar-refractivity contribution in [2.45, 2.75) is 19.5 Å². The van der Waals surface area contributed by atoms with E-state index >= 15 is 0 Å². The number of benzene rings is 2. The SMILES string of the molecule is COc1ccc(N2c3cc(C)nn3CC2c2ccccc2)cc1. The molecular weight excluding hydrogens is 286 g/mol. The standard InChI is InChI=1S/C19H19N3O/c1-14-12-19-21(20-14)13-18(15-6-4-3-5-7-15)22(19)16-8-10-17(23-2)11-9-16/h3-12,18H,13H2,1-2H3. The van der Waals surface area contributed by atoms with Gasteiger partial charge in [-0.05, 0) is 36.8 Å². The Labute approximate surface area is 135 Å². The maximum absolute atomic E-state index is 5.28. The van der Waals surface area contributed by atoms with Gasteiger partial charge < -0.3 is 9.64 Å². The monoisotopic (exact) mass is 305 g/mol. The fourth-order valence-electron chi connectivity index (χ4n) is 3.25. The zero-order chi connectivity index (χ0) is 15.8. The number of ether oxygens (including phenoxy) is 1. The van der Waals surface area contributed by atoms with Crippen molar-refractivity contribution in [3.8, 4) is 5.75 Å². The predicted molar refractivity (Wildman–Crippen MR) is 91.3 cm³/mol. The molecule has 0 bridgehead atoms. The Morgan fingerprint density at radius 3 is 2.48 bits per heavy atom. The van der Waals surface area contributed by atoms with Crippen LogP contribution in [0.15, 0.2) is 60.7 Å². The number of methoxy groups -OCH3 is 1. The largest absolute Gasteiger partial charge is 0.497 e. The molecule has 3 aromatic rings. The summed E-state index contributed by atoms with van der Waals surface area (Å²) in [6, 6.07) is 21.2. The summed E-state index contributed by atoms with van der Waals surface area (Å²) in [4.78, 5) is 2.36. The van der Waals surface area contributed by atoms with E-state index in [1.54, 1.807) is 7.11 Å². The minimum Gasteiger partial charge on any atom is -0.497 e. The number of hydrogen-bond donors (Lipinski definition) is 0. The van der Waals surface area contributed by atoms with E-state index < -0.39 is 0 Å². The van der Waals surface area contributed by atoms with Crippen LogP contribution in [0, 0.1) is 6.92 Å². The van der Waals surface area contributed by atoms with Gasteiger partial charge in [0.1, 0.15) is 11.6 Å². The molecule has 0 saturated heterocycles. The summed E-state index contributed by atoms with van der Waals surface area (Å²) in [7, 11) is 1.69. The highest BCUT2D eigenvalue weighted by Crippen LogP contribution is 2.42. The summed E-state index contributed by atoms with van der Waals surface area (Å²) in [6.07, 6.45) is 0. The first-order chi connectivity index (χ1) is 11.3. The molecule has 0 fully saturated rings. The Morgan fingerprint density at radius 1 is 1.04 bits per heavy atom. The second-order valence-corrected chi connectivity index (χ2v) is 5.82. The Balaban J connectivity index is 1.79. The van der Waals surface area contributed by atoms with Gasteiger partial charge >= 0.3 is 0 Å². The quantitative estimate of drug-likeness (QED) is 0.730. The first kappa shape index (κ1) is 13.9. The molecule has 4 rings (SSSR count).